The van der Waals surface area contributed by atoms with Crippen molar-refractivity contribution in [2.75, 3.05) is 18.4 Å². The summed E-state index contributed by atoms with van der Waals surface area (Å²) in [6.45, 7) is 3.50. The predicted octanol–water partition coefficient (Wildman–Crippen LogP) is 4.47. The van der Waals surface area contributed by atoms with E-state index >= 15 is 0 Å². The Balaban J connectivity index is 1.26. The summed E-state index contributed by atoms with van der Waals surface area (Å²) in [4.78, 5) is 27.3. The normalized spacial score (nSPS) is 19.4. The Bertz CT molecular complexity index is 1160. The van der Waals surface area contributed by atoms with Crippen molar-refractivity contribution in [3.63, 3.8) is 0 Å². The van der Waals surface area contributed by atoms with Crippen molar-refractivity contribution in [2.45, 2.75) is 25.3 Å². The topological polar surface area (TPSA) is 61.4 Å². The number of rotatable bonds is 3. The van der Waals surface area contributed by atoms with Crippen LogP contribution in [0.25, 0.3) is 11.1 Å². The fourth-order valence-electron chi connectivity index (χ4n) is 4.66. The summed E-state index contributed by atoms with van der Waals surface area (Å²) in [6.07, 6.45) is 0.645. The van der Waals surface area contributed by atoms with Gasteiger partial charge in [0.2, 0.25) is 5.91 Å². The molecule has 5 nitrogen and oxygen atoms in total. The third-order valence-electron chi connectivity index (χ3n) is 6.44. The second kappa shape index (κ2) is 7.58. The third-order valence-corrected chi connectivity index (χ3v) is 6.44. The first-order chi connectivity index (χ1) is 15.0. The molecular weight excluding hydrogens is 386 g/mol. The van der Waals surface area contributed by atoms with Gasteiger partial charge in [-0.25, -0.2) is 4.79 Å². The van der Waals surface area contributed by atoms with Gasteiger partial charge in [-0.15, -0.1) is 0 Å². The second-order valence-corrected chi connectivity index (χ2v) is 8.48. The van der Waals surface area contributed by atoms with Gasteiger partial charge in [-0.05, 0) is 47.7 Å². The van der Waals surface area contributed by atoms with Crippen LogP contribution in [0.4, 0.5) is 10.5 Å². The van der Waals surface area contributed by atoms with Crippen molar-refractivity contribution in [2.24, 2.45) is 0 Å². The van der Waals surface area contributed by atoms with Crippen LogP contribution in [0.1, 0.15) is 23.1 Å². The van der Waals surface area contributed by atoms with Gasteiger partial charge in [-0.3, -0.25) is 4.79 Å². The molecule has 2 aliphatic rings. The number of fused-ring (bicyclic) bond motifs is 2. The molecule has 1 spiro atoms. The standard InChI is InChI=1S/C26H25N3O2/c1-18-9-11-20(12-10-18)21-6-4-5-19(15-21)16-27-25(31)29-14-13-26(17-29)22-7-2-3-8-23(22)28-24(26)30/h2-12,15H,13-14,16-17H2,1H3,(H,27,31)(H,28,30). The Morgan fingerprint density at radius 2 is 1.84 bits per heavy atom. The number of carbonyl (C=O) groups is 2. The minimum atomic E-state index is -0.626. The highest BCUT2D eigenvalue weighted by atomic mass is 16.2. The largest absolute Gasteiger partial charge is 0.334 e. The van der Waals surface area contributed by atoms with Crippen LogP contribution in [0.3, 0.4) is 0 Å². The van der Waals surface area contributed by atoms with Crippen molar-refractivity contribution >= 4 is 17.6 Å². The van der Waals surface area contributed by atoms with Crippen molar-refractivity contribution in [3.8, 4) is 11.1 Å². The Morgan fingerprint density at radius 1 is 1.03 bits per heavy atom. The summed E-state index contributed by atoms with van der Waals surface area (Å²) < 4.78 is 0. The molecule has 0 radical (unpaired) electrons. The van der Waals surface area contributed by atoms with Crippen LogP contribution in [-0.4, -0.2) is 29.9 Å². The van der Waals surface area contributed by atoms with Gasteiger partial charge in [0.15, 0.2) is 0 Å². The first kappa shape index (κ1) is 19.4. The molecule has 1 saturated heterocycles. The van der Waals surface area contributed by atoms with Gasteiger partial charge in [-0.2, -0.15) is 0 Å². The van der Waals surface area contributed by atoms with Crippen molar-refractivity contribution in [3.05, 3.63) is 89.5 Å². The van der Waals surface area contributed by atoms with E-state index in [1.807, 2.05) is 36.4 Å². The Hall–Kier alpha value is -3.60. The molecule has 31 heavy (non-hydrogen) atoms. The number of urea groups is 1. The molecule has 5 rings (SSSR count). The molecule has 1 fully saturated rings. The Kier molecular flexibility index (Phi) is 4.74. The molecule has 156 valence electrons. The molecule has 5 heteroatoms. The van der Waals surface area contributed by atoms with Gasteiger partial charge in [-0.1, -0.05) is 66.2 Å². The highest BCUT2D eigenvalue weighted by Gasteiger charge is 2.51. The zero-order chi connectivity index (χ0) is 21.4. The molecule has 1 unspecified atom stereocenters. The fraction of sp³-hybridized carbons (Fsp3) is 0.231. The maximum Gasteiger partial charge on any atom is 0.317 e. The van der Waals surface area contributed by atoms with Crippen molar-refractivity contribution in [1.82, 2.24) is 10.2 Å². The molecule has 1 atom stereocenters. The van der Waals surface area contributed by atoms with Gasteiger partial charge in [0.25, 0.3) is 0 Å². The molecule has 3 aromatic rings. The van der Waals surface area contributed by atoms with E-state index < -0.39 is 5.41 Å². The summed E-state index contributed by atoms with van der Waals surface area (Å²) in [5, 5.41) is 6.00. The highest BCUT2D eigenvalue weighted by molar-refractivity contribution is 6.07. The van der Waals surface area contributed by atoms with E-state index in [1.54, 1.807) is 4.90 Å². The Morgan fingerprint density at radius 3 is 2.68 bits per heavy atom. The van der Waals surface area contributed by atoms with Gasteiger partial charge in [0.05, 0.1) is 5.41 Å². The predicted molar refractivity (Wildman–Crippen MR) is 122 cm³/mol. The smallest absolute Gasteiger partial charge is 0.317 e. The number of anilines is 1. The SMILES string of the molecule is Cc1ccc(-c2cccc(CNC(=O)N3CCC4(C3)C(=O)Nc3ccccc34)c2)cc1. The van der Waals surface area contributed by atoms with Gasteiger partial charge >= 0.3 is 6.03 Å². The van der Waals surface area contributed by atoms with E-state index in [4.69, 9.17) is 0 Å². The molecule has 0 aromatic heterocycles. The van der Waals surface area contributed by atoms with E-state index in [0.717, 1.165) is 27.9 Å². The average molecular weight is 412 g/mol. The second-order valence-electron chi connectivity index (χ2n) is 8.48. The lowest BCUT2D eigenvalue weighted by Gasteiger charge is -2.23. The number of hydrogen-bond acceptors (Lipinski definition) is 2. The average Bonchev–Trinajstić information content (AvgIpc) is 3.36. The number of carbonyl (C=O) groups excluding carboxylic acids is 2. The van der Waals surface area contributed by atoms with Crippen LogP contribution in [0.5, 0.6) is 0 Å². The molecular formula is C26H25N3O2. The van der Waals surface area contributed by atoms with E-state index in [1.165, 1.54) is 5.56 Å². The first-order valence-corrected chi connectivity index (χ1v) is 10.6. The zero-order valence-electron chi connectivity index (χ0n) is 17.5. The number of amides is 3. The summed E-state index contributed by atoms with van der Waals surface area (Å²) in [6, 6.07) is 24.3. The quantitative estimate of drug-likeness (QED) is 0.668. The molecule has 2 aliphatic heterocycles. The van der Waals surface area contributed by atoms with Crippen LogP contribution in [0, 0.1) is 6.92 Å². The lowest BCUT2D eigenvalue weighted by molar-refractivity contribution is -0.120. The van der Waals surface area contributed by atoms with E-state index in [9.17, 15) is 9.59 Å². The van der Waals surface area contributed by atoms with Gasteiger partial charge < -0.3 is 15.5 Å². The lowest BCUT2D eigenvalue weighted by atomic mass is 9.81. The van der Waals surface area contributed by atoms with Crippen LogP contribution in [-0.2, 0) is 16.8 Å². The van der Waals surface area contributed by atoms with E-state index in [-0.39, 0.29) is 11.9 Å². The van der Waals surface area contributed by atoms with Gasteiger partial charge in [0, 0.05) is 25.3 Å². The number of nitrogens with zero attached hydrogens (tertiary/aromatic N) is 1. The molecule has 3 amide bonds. The maximum atomic E-state index is 12.9. The zero-order valence-corrected chi connectivity index (χ0v) is 17.5. The number of benzene rings is 3. The van der Waals surface area contributed by atoms with Gasteiger partial charge in [0.1, 0.15) is 0 Å². The number of para-hydroxylation sites is 1. The van der Waals surface area contributed by atoms with E-state index in [2.05, 4.69) is 54.0 Å². The third kappa shape index (κ3) is 3.46. The molecule has 2 heterocycles. The van der Waals surface area contributed by atoms with Crippen molar-refractivity contribution < 1.29 is 9.59 Å². The summed E-state index contributed by atoms with van der Waals surface area (Å²) in [5.74, 6) is -0.00482. The summed E-state index contributed by atoms with van der Waals surface area (Å²) >= 11 is 0. The van der Waals surface area contributed by atoms with Crippen LogP contribution >= 0.6 is 0 Å². The maximum absolute atomic E-state index is 12.9. The lowest BCUT2D eigenvalue weighted by Crippen LogP contribution is -2.42. The summed E-state index contributed by atoms with van der Waals surface area (Å²) in [7, 11) is 0. The number of aryl methyl sites for hydroxylation is 1. The number of nitrogens with one attached hydrogen (secondary N) is 2. The van der Waals surface area contributed by atoms with Crippen molar-refractivity contribution in [1.29, 1.82) is 0 Å². The summed E-state index contributed by atoms with van der Waals surface area (Å²) in [5.41, 5.74) is 5.80. The fourth-order valence-corrected chi connectivity index (χ4v) is 4.66. The minimum absolute atomic E-state index is 0.00482. The van der Waals surface area contributed by atoms with E-state index in [0.29, 0.717) is 26.1 Å². The minimum Gasteiger partial charge on any atom is -0.334 e. The molecule has 0 saturated carbocycles. The van der Waals surface area contributed by atoms with Crippen LogP contribution < -0.4 is 10.6 Å². The highest BCUT2D eigenvalue weighted by Crippen LogP contribution is 2.43. The van der Waals surface area contributed by atoms with Crippen LogP contribution in [0.2, 0.25) is 0 Å². The molecule has 0 bridgehead atoms. The number of likely N-dealkylation sites (tertiary alicyclic amines) is 1. The molecule has 0 aliphatic carbocycles. The number of hydrogen-bond donors (Lipinski definition) is 2. The Labute approximate surface area is 182 Å². The van der Waals surface area contributed by atoms with Crippen LogP contribution in [0.15, 0.2) is 72.8 Å². The molecule has 2 N–H and O–H groups in total. The monoisotopic (exact) mass is 411 g/mol. The molecule has 3 aromatic carbocycles. The first-order valence-electron chi connectivity index (χ1n) is 10.6.